The van der Waals surface area contributed by atoms with E-state index >= 15 is 0 Å². The maximum absolute atomic E-state index is 13.0. The van der Waals surface area contributed by atoms with Gasteiger partial charge in [0.2, 0.25) is 0 Å². The first-order valence-corrected chi connectivity index (χ1v) is 10.00. The summed E-state index contributed by atoms with van der Waals surface area (Å²) in [4.78, 5) is 4.52. The lowest BCUT2D eigenvalue weighted by Gasteiger charge is -2.21. The monoisotopic (exact) mass is 396 g/mol. The molecule has 29 heavy (non-hydrogen) atoms. The summed E-state index contributed by atoms with van der Waals surface area (Å²) in [5.74, 6) is 0.653. The summed E-state index contributed by atoms with van der Waals surface area (Å²) in [7, 11) is 0. The summed E-state index contributed by atoms with van der Waals surface area (Å²) in [6.07, 6.45) is 5.52. The zero-order valence-electron chi connectivity index (χ0n) is 16.1. The third-order valence-corrected chi connectivity index (χ3v) is 5.55. The quantitative estimate of drug-likeness (QED) is 0.412. The van der Waals surface area contributed by atoms with Crippen LogP contribution in [0.2, 0.25) is 0 Å². The van der Waals surface area contributed by atoms with Gasteiger partial charge in [-0.15, -0.1) is 0 Å². The number of hydrogen-bond donors (Lipinski definition) is 0. The van der Waals surface area contributed by atoms with Crippen molar-refractivity contribution in [1.29, 1.82) is 0 Å². The Kier molecular flexibility index (Phi) is 5.56. The summed E-state index contributed by atoms with van der Waals surface area (Å²) < 4.78 is 40.7. The van der Waals surface area contributed by atoms with Crippen molar-refractivity contribution in [2.75, 3.05) is 0 Å². The fourth-order valence-corrected chi connectivity index (χ4v) is 3.98. The first kappa shape index (κ1) is 19.5. The molecule has 150 valence electrons. The maximum Gasteiger partial charge on any atom is 0.416 e. The van der Waals surface area contributed by atoms with Crippen LogP contribution in [-0.4, -0.2) is 10.8 Å². The smallest absolute Gasteiger partial charge is 0.316 e. The Morgan fingerprint density at radius 3 is 2.38 bits per heavy atom. The second-order valence-electron chi connectivity index (χ2n) is 7.54. The van der Waals surface area contributed by atoms with Crippen molar-refractivity contribution in [2.45, 2.75) is 44.2 Å². The third-order valence-electron chi connectivity index (χ3n) is 5.55. The summed E-state index contributed by atoms with van der Waals surface area (Å²) >= 11 is 0. The number of benzene rings is 2. The molecule has 1 aliphatic carbocycles. The lowest BCUT2D eigenvalue weighted by molar-refractivity contribution is -0.137. The van der Waals surface area contributed by atoms with Crippen molar-refractivity contribution in [3.8, 4) is 5.69 Å². The summed E-state index contributed by atoms with van der Waals surface area (Å²) in [6.45, 7) is 0. The number of halogens is 3. The van der Waals surface area contributed by atoms with Crippen LogP contribution in [0.25, 0.3) is 5.69 Å². The molecule has 3 aromatic rings. The molecular weight excluding hydrogens is 373 g/mol. The highest BCUT2D eigenvalue weighted by molar-refractivity contribution is 5.81. The number of aliphatic imine (C=N–C) groups is 1. The van der Waals surface area contributed by atoms with Crippen LogP contribution >= 0.6 is 0 Å². The number of alkyl halides is 3. The van der Waals surface area contributed by atoms with Crippen LogP contribution in [0.3, 0.4) is 0 Å². The normalized spacial score (nSPS) is 15.8. The molecule has 0 aliphatic heterocycles. The minimum absolute atomic E-state index is 0.457. The number of nitrogens with zero attached hydrogens (tertiary/aromatic N) is 2. The first-order valence-electron chi connectivity index (χ1n) is 10.00. The number of rotatable bonds is 4. The molecule has 1 aromatic heterocycles. The first-order chi connectivity index (χ1) is 14.0. The molecule has 0 unspecified atom stereocenters. The van der Waals surface area contributed by atoms with Gasteiger partial charge in [0, 0.05) is 11.9 Å². The van der Waals surface area contributed by atoms with Crippen LogP contribution < -0.4 is 0 Å². The molecule has 0 radical (unpaired) electrons. The second kappa shape index (κ2) is 8.27. The molecule has 2 nitrogen and oxygen atoms in total. The zero-order valence-corrected chi connectivity index (χ0v) is 16.1. The average molecular weight is 396 g/mol. The SMILES string of the molecule is FC(F)(F)c1cccc(-n2cccc2C=Nc2ccc(C3CCCCC3)cc2)c1. The molecule has 1 fully saturated rings. The molecule has 1 heterocycles. The van der Waals surface area contributed by atoms with Gasteiger partial charge in [-0.25, -0.2) is 0 Å². The molecule has 4 rings (SSSR count). The van der Waals surface area contributed by atoms with Crippen molar-refractivity contribution in [2.24, 2.45) is 4.99 Å². The molecule has 0 N–H and O–H groups in total. The standard InChI is InChI=1S/C24H23F3N2/c25-24(26,27)20-8-4-9-22(16-20)29-15-5-10-23(29)17-28-21-13-11-19(12-14-21)18-6-2-1-3-7-18/h4-5,8-18H,1-3,6-7H2. The third kappa shape index (κ3) is 4.61. The van der Waals surface area contributed by atoms with E-state index < -0.39 is 11.7 Å². The number of aromatic nitrogens is 1. The van der Waals surface area contributed by atoms with E-state index in [0.29, 0.717) is 11.6 Å². The molecule has 0 bridgehead atoms. The Morgan fingerprint density at radius 2 is 1.66 bits per heavy atom. The summed E-state index contributed by atoms with van der Waals surface area (Å²) in [5.41, 5.74) is 2.72. The van der Waals surface area contributed by atoms with Crippen molar-refractivity contribution < 1.29 is 13.2 Å². The largest absolute Gasteiger partial charge is 0.416 e. The van der Waals surface area contributed by atoms with Gasteiger partial charge in [0.1, 0.15) is 0 Å². The lowest BCUT2D eigenvalue weighted by Crippen LogP contribution is -2.06. The van der Waals surface area contributed by atoms with E-state index in [-0.39, 0.29) is 0 Å². The molecule has 2 aromatic carbocycles. The van der Waals surface area contributed by atoms with Gasteiger partial charge < -0.3 is 4.57 Å². The van der Waals surface area contributed by atoms with E-state index in [1.54, 1.807) is 29.1 Å². The topological polar surface area (TPSA) is 17.3 Å². The molecule has 0 spiro atoms. The predicted molar refractivity (Wildman–Crippen MR) is 110 cm³/mol. The van der Waals surface area contributed by atoms with E-state index in [4.69, 9.17) is 0 Å². The Balaban J connectivity index is 1.52. The summed E-state index contributed by atoms with van der Waals surface area (Å²) in [5, 5.41) is 0. The van der Waals surface area contributed by atoms with Gasteiger partial charge in [0.15, 0.2) is 0 Å². The fourth-order valence-electron chi connectivity index (χ4n) is 3.98. The van der Waals surface area contributed by atoms with Gasteiger partial charge in [-0.1, -0.05) is 37.5 Å². The highest BCUT2D eigenvalue weighted by Crippen LogP contribution is 2.33. The predicted octanol–water partition coefficient (Wildman–Crippen LogP) is 7.29. The molecule has 1 saturated carbocycles. The second-order valence-corrected chi connectivity index (χ2v) is 7.54. The molecule has 5 heteroatoms. The van der Waals surface area contributed by atoms with Crippen molar-refractivity contribution in [3.63, 3.8) is 0 Å². The molecule has 0 saturated heterocycles. The Morgan fingerprint density at radius 1 is 0.897 bits per heavy atom. The van der Waals surface area contributed by atoms with E-state index in [2.05, 4.69) is 17.1 Å². The van der Waals surface area contributed by atoms with Gasteiger partial charge in [-0.05, 0) is 66.8 Å². The highest BCUT2D eigenvalue weighted by atomic mass is 19.4. The maximum atomic E-state index is 13.0. The Hall–Kier alpha value is -2.82. The minimum Gasteiger partial charge on any atom is -0.316 e. The van der Waals surface area contributed by atoms with Crippen LogP contribution in [0.15, 0.2) is 71.9 Å². The van der Waals surface area contributed by atoms with Crippen LogP contribution in [0.5, 0.6) is 0 Å². The van der Waals surface area contributed by atoms with Gasteiger partial charge in [0.05, 0.1) is 23.2 Å². The van der Waals surface area contributed by atoms with Gasteiger partial charge in [-0.3, -0.25) is 4.99 Å². The Bertz CT molecular complexity index is 978. The van der Waals surface area contributed by atoms with Crippen LogP contribution in [0.1, 0.15) is 54.8 Å². The van der Waals surface area contributed by atoms with E-state index in [1.165, 1.54) is 43.7 Å². The fraction of sp³-hybridized carbons (Fsp3) is 0.292. The van der Waals surface area contributed by atoms with Crippen LogP contribution in [0, 0.1) is 0 Å². The van der Waals surface area contributed by atoms with E-state index in [9.17, 15) is 13.2 Å². The van der Waals surface area contributed by atoms with Gasteiger partial charge in [-0.2, -0.15) is 13.2 Å². The van der Waals surface area contributed by atoms with Gasteiger partial charge >= 0.3 is 6.18 Å². The molecule has 0 amide bonds. The van der Waals surface area contributed by atoms with Crippen molar-refractivity contribution in [1.82, 2.24) is 4.57 Å². The van der Waals surface area contributed by atoms with Crippen molar-refractivity contribution >= 4 is 11.9 Å². The van der Waals surface area contributed by atoms with E-state index in [0.717, 1.165) is 23.5 Å². The molecule has 1 aliphatic rings. The molecule has 0 atom stereocenters. The lowest BCUT2D eigenvalue weighted by atomic mass is 9.84. The average Bonchev–Trinajstić information content (AvgIpc) is 3.21. The Labute approximate surface area is 168 Å². The van der Waals surface area contributed by atoms with E-state index in [1.807, 2.05) is 18.2 Å². The van der Waals surface area contributed by atoms with Gasteiger partial charge in [0.25, 0.3) is 0 Å². The zero-order chi connectivity index (χ0) is 20.3. The number of hydrogen-bond acceptors (Lipinski definition) is 1. The summed E-state index contributed by atoms with van der Waals surface area (Å²) in [6, 6.07) is 17.3. The van der Waals surface area contributed by atoms with Crippen LogP contribution in [-0.2, 0) is 6.18 Å². The minimum atomic E-state index is -4.36. The highest BCUT2D eigenvalue weighted by Gasteiger charge is 2.30. The van der Waals surface area contributed by atoms with Crippen LogP contribution in [0.4, 0.5) is 18.9 Å². The molecular formula is C24H23F3N2. The van der Waals surface area contributed by atoms with Crippen molar-refractivity contribution in [3.05, 3.63) is 83.7 Å².